The van der Waals surface area contributed by atoms with Gasteiger partial charge in [0, 0.05) is 44.7 Å². The van der Waals surface area contributed by atoms with Crippen LogP contribution in [0.3, 0.4) is 0 Å². The molecule has 0 aliphatic carbocycles. The number of anilines is 1. The summed E-state index contributed by atoms with van der Waals surface area (Å²) in [7, 11) is 0. The molecule has 1 N–H and O–H groups in total. The maximum Gasteiger partial charge on any atom is 0.228 e. The van der Waals surface area contributed by atoms with Gasteiger partial charge >= 0.3 is 0 Å². The standard InChI is InChI=1S/C20H28N4O3/c1-2-18(25)24-11-5-6-16(14-24)20(27)23-12-8-15(9-13-23)19(26)22-17-7-3-4-10-21-17/h3-4,7,10,15-16H,2,5-6,8-9,11-14H2,1H3,(H,21,22,26). The molecule has 1 atom stereocenters. The lowest BCUT2D eigenvalue weighted by Crippen LogP contribution is -2.49. The number of carbonyl (C=O) groups excluding carboxylic acids is 3. The molecule has 0 saturated carbocycles. The largest absolute Gasteiger partial charge is 0.342 e. The van der Waals surface area contributed by atoms with Crippen molar-refractivity contribution in [3.63, 3.8) is 0 Å². The van der Waals surface area contributed by atoms with Crippen molar-refractivity contribution in [2.75, 3.05) is 31.5 Å². The maximum absolute atomic E-state index is 12.9. The molecule has 0 spiro atoms. The number of likely N-dealkylation sites (tertiary alicyclic amines) is 2. The van der Waals surface area contributed by atoms with Crippen molar-refractivity contribution in [3.05, 3.63) is 24.4 Å². The highest BCUT2D eigenvalue weighted by Crippen LogP contribution is 2.24. The average Bonchev–Trinajstić information content (AvgIpc) is 2.73. The minimum absolute atomic E-state index is 0.0295. The molecule has 146 valence electrons. The summed E-state index contributed by atoms with van der Waals surface area (Å²) in [6.07, 6.45) is 5.17. The molecular formula is C20H28N4O3. The molecule has 3 amide bonds. The molecule has 2 aliphatic rings. The third kappa shape index (κ3) is 4.84. The Kier molecular flexibility index (Phi) is 6.42. The second-order valence-electron chi connectivity index (χ2n) is 7.34. The monoisotopic (exact) mass is 372 g/mol. The molecule has 27 heavy (non-hydrogen) atoms. The number of hydrogen-bond acceptors (Lipinski definition) is 4. The van der Waals surface area contributed by atoms with Crippen LogP contribution in [0.5, 0.6) is 0 Å². The fourth-order valence-corrected chi connectivity index (χ4v) is 3.91. The molecule has 2 aliphatic heterocycles. The Hall–Kier alpha value is -2.44. The zero-order valence-corrected chi connectivity index (χ0v) is 15.9. The number of amides is 3. The first-order valence-electron chi connectivity index (χ1n) is 9.87. The van der Waals surface area contributed by atoms with Gasteiger partial charge in [-0.05, 0) is 37.8 Å². The van der Waals surface area contributed by atoms with Gasteiger partial charge in [-0.3, -0.25) is 14.4 Å². The van der Waals surface area contributed by atoms with E-state index in [1.54, 1.807) is 18.3 Å². The zero-order chi connectivity index (χ0) is 19.2. The fraction of sp³-hybridized carbons (Fsp3) is 0.600. The molecule has 3 heterocycles. The molecule has 1 unspecified atom stereocenters. The van der Waals surface area contributed by atoms with Crippen molar-refractivity contribution < 1.29 is 14.4 Å². The van der Waals surface area contributed by atoms with Gasteiger partial charge < -0.3 is 15.1 Å². The minimum atomic E-state index is -0.104. The predicted molar refractivity (Wildman–Crippen MR) is 102 cm³/mol. The lowest BCUT2D eigenvalue weighted by molar-refractivity contribution is -0.142. The summed E-state index contributed by atoms with van der Waals surface area (Å²) >= 11 is 0. The van der Waals surface area contributed by atoms with Gasteiger partial charge in [-0.25, -0.2) is 4.98 Å². The van der Waals surface area contributed by atoms with Crippen LogP contribution < -0.4 is 5.32 Å². The normalized spacial score (nSPS) is 21.0. The second kappa shape index (κ2) is 8.97. The first-order chi connectivity index (χ1) is 13.1. The van der Waals surface area contributed by atoms with Crippen molar-refractivity contribution in [2.45, 2.75) is 39.0 Å². The molecule has 0 aromatic carbocycles. The van der Waals surface area contributed by atoms with Crippen molar-refractivity contribution in [1.82, 2.24) is 14.8 Å². The summed E-state index contributed by atoms with van der Waals surface area (Å²) in [6.45, 7) is 4.33. The molecule has 0 radical (unpaired) electrons. The van der Waals surface area contributed by atoms with Crippen molar-refractivity contribution in [2.24, 2.45) is 11.8 Å². The number of nitrogens with one attached hydrogen (secondary N) is 1. The summed E-state index contributed by atoms with van der Waals surface area (Å²) in [5, 5.41) is 2.85. The number of aromatic nitrogens is 1. The van der Waals surface area contributed by atoms with E-state index in [1.165, 1.54) is 0 Å². The summed E-state index contributed by atoms with van der Waals surface area (Å²) in [5.74, 6) is 0.584. The maximum atomic E-state index is 12.9. The minimum Gasteiger partial charge on any atom is -0.342 e. The van der Waals surface area contributed by atoms with E-state index in [1.807, 2.05) is 22.8 Å². The van der Waals surface area contributed by atoms with Gasteiger partial charge in [0.15, 0.2) is 0 Å². The van der Waals surface area contributed by atoms with E-state index < -0.39 is 0 Å². The van der Waals surface area contributed by atoms with Gasteiger partial charge in [0.05, 0.1) is 5.92 Å². The zero-order valence-electron chi connectivity index (χ0n) is 15.9. The fourth-order valence-electron chi connectivity index (χ4n) is 3.91. The van der Waals surface area contributed by atoms with Crippen LogP contribution in [-0.4, -0.2) is 58.7 Å². The van der Waals surface area contributed by atoms with Gasteiger partial charge in [0.25, 0.3) is 0 Å². The number of rotatable bonds is 4. The van der Waals surface area contributed by atoms with Crippen LogP contribution in [0.2, 0.25) is 0 Å². The van der Waals surface area contributed by atoms with Gasteiger partial charge in [-0.2, -0.15) is 0 Å². The number of carbonyl (C=O) groups is 3. The third-order valence-corrected chi connectivity index (χ3v) is 5.52. The molecule has 3 rings (SSSR count). The molecule has 7 heteroatoms. The van der Waals surface area contributed by atoms with Gasteiger partial charge in [-0.1, -0.05) is 13.0 Å². The van der Waals surface area contributed by atoms with Gasteiger partial charge in [-0.15, -0.1) is 0 Å². The number of pyridine rings is 1. The first-order valence-corrected chi connectivity index (χ1v) is 9.87. The van der Waals surface area contributed by atoms with E-state index in [4.69, 9.17) is 0 Å². The Bertz CT molecular complexity index is 671. The van der Waals surface area contributed by atoms with E-state index in [9.17, 15) is 14.4 Å². The van der Waals surface area contributed by atoms with Gasteiger partial charge in [0.2, 0.25) is 17.7 Å². The molecule has 1 aromatic rings. The third-order valence-electron chi connectivity index (χ3n) is 5.52. The van der Waals surface area contributed by atoms with Crippen molar-refractivity contribution in [3.8, 4) is 0 Å². The summed E-state index contributed by atoms with van der Waals surface area (Å²) in [4.78, 5) is 45.0. The van der Waals surface area contributed by atoms with E-state index >= 15 is 0 Å². The molecular weight excluding hydrogens is 344 g/mol. The lowest BCUT2D eigenvalue weighted by Gasteiger charge is -2.37. The summed E-state index contributed by atoms with van der Waals surface area (Å²) in [6, 6.07) is 5.41. The van der Waals surface area contributed by atoms with Crippen LogP contribution >= 0.6 is 0 Å². The van der Waals surface area contributed by atoms with E-state index in [-0.39, 0.29) is 29.6 Å². The number of hydrogen-bond donors (Lipinski definition) is 1. The smallest absolute Gasteiger partial charge is 0.228 e. The second-order valence-corrected chi connectivity index (χ2v) is 7.34. The Morgan fingerprint density at radius 1 is 1.07 bits per heavy atom. The SMILES string of the molecule is CCC(=O)N1CCCC(C(=O)N2CCC(C(=O)Nc3ccccn3)CC2)C1. The Labute approximate surface area is 160 Å². The van der Waals surface area contributed by atoms with Crippen molar-refractivity contribution >= 4 is 23.5 Å². The van der Waals surface area contributed by atoms with Crippen LogP contribution in [0.15, 0.2) is 24.4 Å². The van der Waals surface area contributed by atoms with Gasteiger partial charge in [0.1, 0.15) is 5.82 Å². The molecule has 7 nitrogen and oxygen atoms in total. The van der Waals surface area contributed by atoms with E-state index in [0.29, 0.717) is 44.7 Å². The molecule has 0 bridgehead atoms. The summed E-state index contributed by atoms with van der Waals surface area (Å²) < 4.78 is 0. The average molecular weight is 372 g/mol. The van der Waals surface area contributed by atoms with Crippen LogP contribution in [-0.2, 0) is 14.4 Å². The molecule has 1 aromatic heterocycles. The van der Waals surface area contributed by atoms with E-state index in [0.717, 1.165) is 19.4 Å². The predicted octanol–water partition coefficient (Wildman–Crippen LogP) is 1.91. The summed E-state index contributed by atoms with van der Waals surface area (Å²) in [5.41, 5.74) is 0. The van der Waals surface area contributed by atoms with Crippen LogP contribution in [0.1, 0.15) is 39.0 Å². The Balaban J connectivity index is 1.49. The van der Waals surface area contributed by atoms with Crippen LogP contribution in [0, 0.1) is 11.8 Å². The Morgan fingerprint density at radius 3 is 2.52 bits per heavy atom. The topological polar surface area (TPSA) is 82.6 Å². The first kappa shape index (κ1) is 19.3. The molecule has 2 fully saturated rings. The quantitative estimate of drug-likeness (QED) is 0.875. The highest BCUT2D eigenvalue weighted by molar-refractivity contribution is 5.92. The number of nitrogens with zero attached hydrogens (tertiary/aromatic N) is 3. The Morgan fingerprint density at radius 2 is 1.85 bits per heavy atom. The van der Waals surface area contributed by atoms with Crippen molar-refractivity contribution in [1.29, 1.82) is 0 Å². The van der Waals surface area contributed by atoms with Crippen LogP contribution in [0.4, 0.5) is 5.82 Å². The lowest BCUT2D eigenvalue weighted by atomic mass is 9.92. The van der Waals surface area contributed by atoms with Crippen LogP contribution in [0.25, 0.3) is 0 Å². The van der Waals surface area contributed by atoms with E-state index in [2.05, 4.69) is 10.3 Å². The highest BCUT2D eigenvalue weighted by atomic mass is 16.2. The highest BCUT2D eigenvalue weighted by Gasteiger charge is 2.33. The number of piperidine rings is 2. The molecule has 2 saturated heterocycles.